The van der Waals surface area contributed by atoms with Gasteiger partial charge in [0.05, 0.1) is 0 Å². The lowest BCUT2D eigenvalue weighted by Gasteiger charge is -2.06. The third-order valence-electron chi connectivity index (χ3n) is 2.14. The summed E-state index contributed by atoms with van der Waals surface area (Å²) < 4.78 is 36.6. The minimum atomic E-state index is -4.50. The Bertz CT molecular complexity index is 380. The average molecular weight is 204 g/mol. The monoisotopic (exact) mass is 204 g/mol. The minimum absolute atomic E-state index is 0.0384. The number of fused-ring (bicyclic) bond motifs is 1. The molecule has 1 aromatic rings. The molecular weight excluding hydrogens is 197 g/mol. The highest BCUT2D eigenvalue weighted by Crippen LogP contribution is 2.29. The van der Waals surface area contributed by atoms with Crippen LogP contribution in [0.25, 0.3) is 0 Å². The van der Waals surface area contributed by atoms with Crippen LogP contribution in [0.2, 0.25) is 0 Å². The van der Waals surface area contributed by atoms with Gasteiger partial charge in [0.15, 0.2) is 5.78 Å². The second kappa shape index (κ2) is 2.83. The standard InChI is InChI=1S/C8H7F3N2O/c9-8(10,11)7-12-4-2-1-3-5(14)6(4)13-7/h1-3H2,(H,12,13). The maximum Gasteiger partial charge on any atom is 0.449 e. The van der Waals surface area contributed by atoms with Gasteiger partial charge >= 0.3 is 6.18 Å². The number of nitrogens with one attached hydrogen (secondary N) is 1. The zero-order valence-electron chi connectivity index (χ0n) is 7.11. The molecule has 0 radical (unpaired) electrons. The first kappa shape index (κ1) is 9.23. The Morgan fingerprint density at radius 2 is 2.00 bits per heavy atom. The van der Waals surface area contributed by atoms with E-state index in [2.05, 4.69) is 9.97 Å². The highest BCUT2D eigenvalue weighted by molar-refractivity contribution is 5.96. The Balaban J connectivity index is 2.45. The molecule has 0 bridgehead atoms. The third-order valence-corrected chi connectivity index (χ3v) is 2.14. The van der Waals surface area contributed by atoms with Gasteiger partial charge in [0.2, 0.25) is 5.82 Å². The van der Waals surface area contributed by atoms with Crippen molar-refractivity contribution in [2.45, 2.75) is 25.4 Å². The summed E-state index contributed by atoms with van der Waals surface area (Å²) in [5.41, 5.74) is 0.275. The molecular formula is C8H7F3N2O. The van der Waals surface area contributed by atoms with E-state index in [1.807, 2.05) is 0 Å². The Kier molecular flexibility index (Phi) is 1.87. The predicted molar refractivity (Wildman–Crippen MR) is 40.9 cm³/mol. The largest absolute Gasteiger partial charge is 0.449 e. The van der Waals surface area contributed by atoms with E-state index >= 15 is 0 Å². The number of carbonyl (C=O) groups excluding carboxylic acids is 1. The summed E-state index contributed by atoms with van der Waals surface area (Å²) in [6.07, 6.45) is -3.16. The first-order chi connectivity index (χ1) is 6.48. The second-order valence-corrected chi connectivity index (χ2v) is 3.19. The highest BCUT2D eigenvalue weighted by Gasteiger charge is 2.37. The van der Waals surface area contributed by atoms with Gasteiger partial charge in [-0.25, -0.2) is 4.98 Å². The Hall–Kier alpha value is -1.33. The van der Waals surface area contributed by atoms with E-state index in [0.29, 0.717) is 18.5 Å². The Labute approximate surface area is 77.3 Å². The SMILES string of the molecule is O=C1CCCc2[nH]c(C(F)(F)F)nc21. The van der Waals surface area contributed by atoms with Gasteiger partial charge in [0, 0.05) is 12.1 Å². The van der Waals surface area contributed by atoms with Gasteiger partial charge in [-0.15, -0.1) is 0 Å². The molecule has 3 nitrogen and oxygen atoms in total. The number of imidazole rings is 1. The quantitative estimate of drug-likeness (QED) is 0.701. The number of H-pyrrole nitrogens is 1. The van der Waals surface area contributed by atoms with Gasteiger partial charge in [0.25, 0.3) is 0 Å². The van der Waals surface area contributed by atoms with Gasteiger partial charge in [-0.1, -0.05) is 0 Å². The Morgan fingerprint density at radius 3 is 2.57 bits per heavy atom. The molecule has 0 aromatic carbocycles. The summed E-state index contributed by atoms with van der Waals surface area (Å²) in [5.74, 6) is -1.38. The summed E-state index contributed by atoms with van der Waals surface area (Å²) in [6, 6.07) is 0. The number of hydrogen-bond acceptors (Lipinski definition) is 2. The van der Waals surface area contributed by atoms with E-state index in [1.54, 1.807) is 0 Å². The molecule has 0 unspecified atom stereocenters. The molecule has 76 valence electrons. The lowest BCUT2D eigenvalue weighted by Crippen LogP contribution is -2.10. The van der Waals surface area contributed by atoms with Crippen LogP contribution >= 0.6 is 0 Å². The molecule has 1 aliphatic carbocycles. The van der Waals surface area contributed by atoms with E-state index in [4.69, 9.17) is 0 Å². The molecule has 1 N–H and O–H groups in total. The van der Waals surface area contributed by atoms with Crippen molar-refractivity contribution in [2.24, 2.45) is 0 Å². The van der Waals surface area contributed by atoms with Crippen LogP contribution in [0.4, 0.5) is 13.2 Å². The lowest BCUT2D eigenvalue weighted by molar-refractivity contribution is -0.144. The van der Waals surface area contributed by atoms with Crippen LogP contribution in [0, 0.1) is 0 Å². The minimum Gasteiger partial charge on any atom is -0.338 e. The van der Waals surface area contributed by atoms with Gasteiger partial charge in [-0.3, -0.25) is 4.79 Å². The fourth-order valence-corrected chi connectivity index (χ4v) is 1.50. The normalized spacial score (nSPS) is 16.9. The number of aromatic nitrogens is 2. The molecule has 1 aliphatic rings. The highest BCUT2D eigenvalue weighted by atomic mass is 19.4. The van der Waals surface area contributed by atoms with Crippen LogP contribution in [-0.4, -0.2) is 15.8 Å². The van der Waals surface area contributed by atoms with Gasteiger partial charge in [-0.05, 0) is 12.8 Å². The van der Waals surface area contributed by atoms with Crippen LogP contribution < -0.4 is 0 Å². The van der Waals surface area contributed by atoms with Crippen molar-refractivity contribution in [2.75, 3.05) is 0 Å². The molecule has 0 spiro atoms. The van der Waals surface area contributed by atoms with E-state index < -0.39 is 12.0 Å². The predicted octanol–water partition coefficient (Wildman–Crippen LogP) is 1.95. The van der Waals surface area contributed by atoms with Crippen molar-refractivity contribution in [3.63, 3.8) is 0 Å². The third kappa shape index (κ3) is 1.40. The summed E-state index contributed by atoms with van der Waals surface area (Å²) in [6.45, 7) is 0. The van der Waals surface area contributed by atoms with Crippen molar-refractivity contribution in [1.82, 2.24) is 9.97 Å². The number of nitrogens with zero attached hydrogens (tertiary/aromatic N) is 1. The Morgan fingerprint density at radius 1 is 1.29 bits per heavy atom. The lowest BCUT2D eigenvalue weighted by atomic mass is 10.0. The topological polar surface area (TPSA) is 45.8 Å². The summed E-state index contributed by atoms with van der Waals surface area (Å²) >= 11 is 0. The number of halogens is 3. The van der Waals surface area contributed by atoms with Crippen molar-refractivity contribution in [3.8, 4) is 0 Å². The fourth-order valence-electron chi connectivity index (χ4n) is 1.50. The van der Waals surface area contributed by atoms with Crippen molar-refractivity contribution in [3.05, 3.63) is 17.2 Å². The van der Waals surface area contributed by atoms with Gasteiger partial charge in [0.1, 0.15) is 5.69 Å². The molecule has 14 heavy (non-hydrogen) atoms. The number of aryl methyl sites for hydroxylation is 1. The number of aromatic amines is 1. The molecule has 0 fully saturated rings. The van der Waals surface area contributed by atoms with Crippen molar-refractivity contribution >= 4 is 5.78 Å². The number of Topliss-reactive ketones (excluding diaryl/α,β-unsaturated/α-hetero) is 1. The van der Waals surface area contributed by atoms with Crippen LogP contribution in [0.3, 0.4) is 0 Å². The van der Waals surface area contributed by atoms with Crippen LogP contribution in [0.15, 0.2) is 0 Å². The molecule has 0 saturated carbocycles. The zero-order chi connectivity index (χ0) is 10.3. The van der Waals surface area contributed by atoms with E-state index in [1.165, 1.54) is 0 Å². The molecule has 0 aliphatic heterocycles. The van der Waals surface area contributed by atoms with E-state index in [-0.39, 0.29) is 17.9 Å². The molecule has 2 rings (SSSR count). The zero-order valence-corrected chi connectivity index (χ0v) is 7.11. The number of alkyl halides is 3. The number of rotatable bonds is 0. The van der Waals surface area contributed by atoms with E-state index in [9.17, 15) is 18.0 Å². The van der Waals surface area contributed by atoms with Crippen molar-refractivity contribution < 1.29 is 18.0 Å². The average Bonchev–Trinajstić information content (AvgIpc) is 2.48. The van der Waals surface area contributed by atoms with Crippen LogP contribution in [-0.2, 0) is 12.6 Å². The summed E-state index contributed by atoms with van der Waals surface area (Å²) in [5, 5.41) is 0. The van der Waals surface area contributed by atoms with E-state index in [0.717, 1.165) is 0 Å². The first-order valence-electron chi connectivity index (χ1n) is 4.18. The van der Waals surface area contributed by atoms with Gasteiger partial charge < -0.3 is 4.98 Å². The number of ketones is 1. The second-order valence-electron chi connectivity index (χ2n) is 3.19. The first-order valence-corrected chi connectivity index (χ1v) is 4.18. The van der Waals surface area contributed by atoms with Crippen molar-refractivity contribution in [1.29, 1.82) is 0 Å². The molecule has 1 heterocycles. The smallest absolute Gasteiger partial charge is 0.338 e. The van der Waals surface area contributed by atoms with Crippen LogP contribution in [0.5, 0.6) is 0 Å². The van der Waals surface area contributed by atoms with Gasteiger partial charge in [-0.2, -0.15) is 13.2 Å². The molecule has 1 aromatic heterocycles. The molecule has 0 saturated heterocycles. The maximum atomic E-state index is 12.2. The summed E-state index contributed by atoms with van der Waals surface area (Å²) in [7, 11) is 0. The molecule has 0 atom stereocenters. The fraction of sp³-hybridized carbons (Fsp3) is 0.500. The molecule has 0 amide bonds. The number of hydrogen-bond donors (Lipinski definition) is 1. The summed E-state index contributed by atoms with van der Waals surface area (Å²) in [4.78, 5) is 16.6. The molecule has 6 heteroatoms. The maximum absolute atomic E-state index is 12.2. The number of carbonyl (C=O) groups is 1. The van der Waals surface area contributed by atoms with Crippen LogP contribution in [0.1, 0.15) is 34.8 Å².